The molecule has 0 aromatic heterocycles. The highest BCUT2D eigenvalue weighted by Crippen LogP contribution is 2.02. The smallest absolute Gasteiger partial charge is 0.251 e. The Labute approximate surface area is 86.4 Å². The SMILES string of the molecule is CCN(CC(C)CN)C(=O)C(C)OC. The first kappa shape index (κ1) is 13.4. The normalized spacial score (nSPS) is 14.9. The van der Waals surface area contributed by atoms with Gasteiger partial charge in [-0.05, 0) is 26.3 Å². The Morgan fingerprint density at radius 1 is 1.50 bits per heavy atom. The van der Waals surface area contributed by atoms with E-state index < -0.39 is 0 Å². The van der Waals surface area contributed by atoms with Gasteiger partial charge in [-0.2, -0.15) is 0 Å². The molecular weight excluding hydrogens is 180 g/mol. The minimum atomic E-state index is -0.361. The highest BCUT2D eigenvalue weighted by atomic mass is 16.5. The van der Waals surface area contributed by atoms with Crippen molar-refractivity contribution in [1.29, 1.82) is 0 Å². The van der Waals surface area contributed by atoms with E-state index in [4.69, 9.17) is 10.5 Å². The van der Waals surface area contributed by atoms with Crippen LogP contribution in [-0.2, 0) is 9.53 Å². The Bertz CT molecular complexity index is 174. The quantitative estimate of drug-likeness (QED) is 0.681. The molecule has 0 spiro atoms. The monoisotopic (exact) mass is 202 g/mol. The molecule has 0 radical (unpaired) electrons. The van der Waals surface area contributed by atoms with Crippen molar-refractivity contribution in [3.8, 4) is 0 Å². The van der Waals surface area contributed by atoms with Gasteiger partial charge in [0.1, 0.15) is 6.10 Å². The van der Waals surface area contributed by atoms with Gasteiger partial charge in [-0.15, -0.1) is 0 Å². The van der Waals surface area contributed by atoms with Crippen LogP contribution >= 0.6 is 0 Å². The first-order valence-corrected chi connectivity index (χ1v) is 5.08. The van der Waals surface area contributed by atoms with Crippen molar-refractivity contribution in [2.45, 2.75) is 26.9 Å². The first-order chi connectivity index (χ1) is 6.56. The van der Waals surface area contributed by atoms with Gasteiger partial charge in [0.05, 0.1) is 0 Å². The zero-order valence-electron chi connectivity index (χ0n) is 9.62. The molecular formula is C10H22N2O2. The van der Waals surface area contributed by atoms with Crippen molar-refractivity contribution in [1.82, 2.24) is 4.90 Å². The van der Waals surface area contributed by atoms with Crippen LogP contribution in [0.2, 0.25) is 0 Å². The third-order valence-electron chi connectivity index (χ3n) is 2.33. The Hall–Kier alpha value is -0.610. The minimum Gasteiger partial charge on any atom is -0.372 e. The fourth-order valence-electron chi connectivity index (χ4n) is 1.18. The number of carbonyl (C=O) groups is 1. The predicted molar refractivity (Wildman–Crippen MR) is 56.9 cm³/mol. The van der Waals surface area contributed by atoms with Crippen LogP contribution < -0.4 is 5.73 Å². The number of amides is 1. The maximum absolute atomic E-state index is 11.7. The Morgan fingerprint density at radius 3 is 2.43 bits per heavy atom. The van der Waals surface area contributed by atoms with E-state index in [9.17, 15) is 4.79 Å². The van der Waals surface area contributed by atoms with Crippen LogP contribution in [0, 0.1) is 5.92 Å². The van der Waals surface area contributed by atoms with Crippen LogP contribution in [0.5, 0.6) is 0 Å². The molecule has 0 aromatic carbocycles. The molecule has 0 aliphatic heterocycles. The van der Waals surface area contributed by atoms with Gasteiger partial charge in [0.25, 0.3) is 5.91 Å². The van der Waals surface area contributed by atoms with Gasteiger partial charge in [-0.3, -0.25) is 4.79 Å². The molecule has 0 aliphatic carbocycles. The second kappa shape index (κ2) is 6.79. The van der Waals surface area contributed by atoms with Gasteiger partial charge in [-0.1, -0.05) is 6.92 Å². The summed E-state index contributed by atoms with van der Waals surface area (Å²) in [5, 5.41) is 0. The number of methoxy groups -OCH3 is 1. The highest BCUT2D eigenvalue weighted by molar-refractivity contribution is 5.80. The molecule has 2 N–H and O–H groups in total. The molecule has 0 rings (SSSR count). The summed E-state index contributed by atoms with van der Waals surface area (Å²) in [6, 6.07) is 0. The molecule has 4 nitrogen and oxygen atoms in total. The molecule has 14 heavy (non-hydrogen) atoms. The lowest BCUT2D eigenvalue weighted by molar-refractivity contribution is -0.141. The lowest BCUT2D eigenvalue weighted by Crippen LogP contribution is -2.42. The van der Waals surface area contributed by atoms with E-state index in [1.54, 1.807) is 18.9 Å². The van der Waals surface area contributed by atoms with Crippen molar-refractivity contribution < 1.29 is 9.53 Å². The maximum Gasteiger partial charge on any atom is 0.251 e. The van der Waals surface area contributed by atoms with Crippen molar-refractivity contribution in [3.63, 3.8) is 0 Å². The molecule has 0 saturated heterocycles. The van der Waals surface area contributed by atoms with Crippen LogP contribution in [0.4, 0.5) is 0 Å². The van der Waals surface area contributed by atoms with E-state index in [0.29, 0.717) is 25.6 Å². The number of nitrogens with zero attached hydrogens (tertiary/aromatic N) is 1. The fourth-order valence-corrected chi connectivity index (χ4v) is 1.18. The Balaban J connectivity index is 4.18. The summed E-state index contributed by atoms with van der Waals surface area (Å²) in [6.07, 6.45) is -0.361. The largest absolute Gasteiger partial charge is 0.372 e. The number of rotatable bonds is 6. The summed E-state index contributed by atoms with van der Waals surface area (Å²) in [4.78, 5) is 13.5. The van der Waals surface area contributed by atoms with Gasteiger partial charge in [0.15, 0.2) is 0 Å². The second-order valence-corrected chi connectivity index (χ2v) is 3.60. The average Bonchev–Trinajstić information content (AvgIpc) is 2.23. The van der Waals surface area contributed by atoms with Crippen molar-refractivity contribution in [2.24, 2.45) is 11.7 Å². The molecule has 0 saturated carbocycles. The van der Waals surface area contributed by atoms with Crippen molar-refractivity contribution in [2.75, 3.05) is 26.7 Å². The first-order valence-electron chi connectivity index (χ1n) is 5.08. The molecule has 2 unspecified atom stereocenters. The number of carbonyl (C=O) groups excluding carboxylic acids is 1. The van der Waals surface area contributed by atoms with Crippen LogP contribution in [0.25, 0.3) is 0 Å². The zero-order chi connectivity index (χ0) is 11.1. The van der Waals surface area contributed by atoms with E-state index in [2.05, 4.69) is 0 Å². The molecule has 4 heteroatoms. The standard InChI is InChI=1S/C10H22N2O2/c1-5-12(7-8(2)6-11)10(13)9(3)14-4/h8-9H,5-7,11H2,1-4H3. The Kier molecular flexibility index (Phi) is 6.49. The van der Waals surface area contributed by atoms with Gasteiger partial charge in [-0.25, -0.2) is 0 Å². The van der Waals surface area contributed by atoms with E-state index in [0.717, 1.165) is 0 Å². The summed E-state index contributed by atoms with van der Waals surface area (Å²) in [5.41, 5.74) is 5.51. The number of likely N-dealkylation sites (N-methyl/N-ethyl adjacent to an activating group) is 1. The zero-order valence-corrected chi connectivity index (χ0v) is 9.62. The van der Waals surface area contributed by atoms with Gasteiger partial charge >= 0.3 is 0 Å². The van der Waals surface area contributed by atoms with Crippen LogP contribution in [-0.4, -0.2) is 43.7 Å². The summed E-state index contributed by atoms with van der Waals surface area (Å²) in [6.45, 7) is 7.77. The summed E-state index contributed by atoms with van der Waals surface area (Å²) in [7, 11) is 1.54. The molecule has 0 heterocycles. The van der Waals surface area contributed by atoms with Crippen LogP contribution in [0.1, 0.15) is 20.8 Å². The van der Waals surface area contributed by atoms with Crippen LogP contribution in [0.15, 0.2) is 0 Å². The van der Waals surface area contributed by atoms with Gasteiger partial charge in [0, 0.05) is 20.2 Å². The van der Waals surface area contributed by atoms with E-state index in [1.165, 1.54) is 0 Å². The van der Waals surface area contributed by atoms with Crippen LogP contribution in [0.3, 0.4) is 0 Å². The third kappa shape index (κ3) is 4.07. The molecule has 1 amide bonds. The lowest BCUT2D eigenvalue weighted by atomic mass is 10.1. The fraction of sp³-hybridized carbons (Fsp3) is 0.900. The van der Waals surface area contributed by atoms with Crippen molar-refractivity contribution >= 4 is 5.91 Å². The molecule has 84 valence electrons. The summed E-state index contributed by atoms with van der Waals surface area (Å²) >= 11 is 0. The number of nitrogens with two attached hydrogens (primary N) is 1. The lowest BCUT2D eigenvalue weighted by Gasteiger charge is -2.26. The highest BCUT2D eigenvalue weighted by Gasteiger charge is 2.19. The topological polar surface area (TPSA) is 55.6 Å². The van der Waals surface area contributed by atoms with Crippen molar-refractivity contribution in [3.05, 3.63) is 0 Å². The summed E-state index contributed by atoms with van der Waals surface area (Å²) < 4.78 is 4.99. The number of hydrogen-bond acceptors (Lipinski definition) is 3. The van der Waals surface area contributed by atoms with Gasteiger partial charge in [0.2, 0.25) is 0 Å². The Morgan fingerprint density at radius 2 is 2.07 bits per heavy atom. The molecule has 0 aromatic rings. The number of ether oxygens (including phenoxy) is 1. The van der Waals surface area contributed by atoms with E-state index in [-0.39, 0.29) is 12.0 Å². The predicted octanol–water partition coefficient (Wildman–Crippen LogP) is 0.465. The molecule has 0 bridgehead atoms. The molecule has 0 fully saturated rings. The third-order valence-corrected chi connectivity index (χ3v) is 2.33. The van der Waals surface area contributed by atoms with E-state index >= 15 is 0 Å². The minimum absolute atomic E-state index is 0.0373. The molecule has 0 aliphatic rings. The molecule has 2 atom stereocenters. The maximum atomic E-state index is 11.7. The summed E-state index contributed by atoms with van der Waals surface area (Å²) in [5.74, 6) is 0.373. The van der Waals surface area contributed by atoms with Gasteiger partial charge < -0.3 is 15.4 Å². The number of hydrogen-bond donors (Lipinski definition) is 1. The second-order valence-electron chi connectivity index (χ2n) is 3.60. The van der Waals surface area contributed by atoms with E-state index in [1.807, 2.05) is 13.8 Å². The average molecular weight is 202 g/mol.